The summed E-state index contributed by atoms with van der Waals surface area (Å²) in [6, 6.07) is 8.97. The zero-order valence-corrected chi connectivity index (χ0v) is 12.4. The Morgan fingerprint density at radius 2 is 2.00 bits per heavy atom. The molecule has 0 unspecified atom stereocenters. The van der Waals surface area contributed by atoms with E-state index in [4.69, 9.17) is 4.74 Å². The Balaban J connectivity index is 1.73. The molecule has 2 aliphatic rings. The van der Waals surface area contributed by atoms with Gasteiger partial charge in [0.1, 0.15) is 6.10 Å². The van der Waals surface area contributed by atoms with Crippen molar-refractivity contribution in [2.45, 2.75) is 28.9 Å². The number of hydrogen-bond acceptors (Lipinski definition) is 3. The molecule has 1 heterocycles. The summed E-state index contributed by atoms with van der Waals surface area (Å²) in [4.78, 5) is 23.9. The molecule has 4 nitrogen and oxygen atoms in total. The molecular weight excluding hydrogens is 357 g/mol. The summed E-state index contributed by atoms with van der Waals surface area (Å²) < 4.78 is 5.60. The van der Waals surface area contributed by atoms with Crippen molar-refractivity contribution >= 4 is 34.5 Å². The number of rotatable bonds is 2. The van der Waals surface area contributed by atoms with Crippen molar-refractivity contribution in [3.63, 3.8) is 0 Å². The van der Waals surface area contributed by atoms with Crippen molar-refractivity contribution in [3.05, 3.63) is 35.9 Å². The van der Waals surface area contributed by atoms with Gasteiger partial charge in [-0.3, -0.25) is 9.59 Å². The highest BCUT2D eigenvalue weighted by Crippen LogP contribution is 2.38. The lowest BCUT2D eigenvalue weighted by Crippen LogP contribution is -2.46. The van der Waals surface area contributed by atoms with Crippen molar-refractivity contribution in [1.29, 1.82) is 0 Å². The SMILES string of the molecule is O=C(N[C@@H]1C[C@H](I)[C@@H]2C[C@@H]1C(=O)O2)c1ccccc1. The Labute approximate surface area is 125 Å². The minimum absolute atomic E-state index is 0.0305. The van der Waals surface area contributed by atoms with Gasteiger partial charge in [0.15, 0.2) is 0 Å². The lowest BCUT2D eigenvalue weighted by molar-refractivity contribution is -0.143. The summed E-state index contributed by atoms with van der Waals surface area (Å²) in [7, 11) is 0. The Kier molecular flexibility index (Phi) is 3.47. The second-order valence-corrected chi connectivity index (χ2v) is 6.62. The molecule has 1 saturated carbocycles. The summed E-state index contributed by atoms with van der Waals surface area (Å²) >= 11 is 2.30. The maximum atomic E-state index is 12.1. The molecule has 100 valence electrons. The number of nitrogens with one attached hydrogen (secondary N) is 1. The van der Waals surface area contributed by atoms with E-state index in [1.807, 2.05) is 18.2 Å². The average Bonchev–Trinajstić information content (AvgIpc) is 2.76. The van der Waals surface area contributed by atoms with Gasteiger partial charge in [0.25, 0.3) is 5.91 Å². The third-order valence-corrected chi connectivity index (χ3v) is 5.09. The molecule has 1 amide bonds. The van der Waals surface area contributed by atoms with Gasteiger partial charge < -0.3 is 10.1 Å². The predicted octanol–water partition coefficient (Wildman–Crippen LogP) is 1.92. The highest BCUT2D eigenvalue weighted by atomic mass is 127. The molecule has 2 bridgehead atoms. The smallest absolute Gasteiger partial charge is 0.311 e. The van der Waals surface area contributed by atoms with Crippen LogP contribution in [-0.4, -0.2) is 27.9 Å². The lowest BCUT2D eigenvalue weighted by Gasteiger charge is -2.29. The average molecular weight is 371 g/mol. The summed E-state index contributed by atoms with van der Waals surface area (Å²) in [5.41, 5.74) is 0.626. The van der Waals surface area contributed by atoms with E-state index in [0.29, 0.717) is 5.56 Å². The van der Waals surface area contributed by atoms with E-state index in [-0.39, 0.29) is 33.9 Å². The second-order valence-electron chi connectivity index (χ2n) is 5.02. The Hall–Kier alpha value is -1.11. The van der Waals surface area contributed by atoms with E-state index in [9.17, 15) is 9.59 Å². The van der Waals surface area contributed by atoms with Crippen LogP contribution in [0.5, 0.6) is 0 Å². The van der Waals surface area contributed by atoms with Crippen LogP contribution in [0.1, 0.15) is 23.2 Å². The number of ether oxygens (including phenoxy) is 1. The monoisotopic (exact) mass is 371 g/mol. The first-order chi connectivity index (χ1) is 9.15. The predicted molar refractivity (Wildman–Crippen MR) is 78.1 cm³/mol. The van der Waals surface area contributed by atoms with Crippen molar-refractivity contribution in [2.75, 3.05) is 0 Å². The first-order valence-electron chi connectivity index (χ1n) is 6.35. The third kappa shape index (κ3) is 2.48. The number of fused-ring (bicyclic) bond motifs is 2. The van der Waals surface area contributed by atoms with Crippen molar-refractivity contribution in [2.24, 2.45) is 5.92 Å². The molecule has 2 fully saturated rings. The van der Waals surface area contributed by atoms with Crippen LogP contribution in [0.3, 0.4) is 0 Å². The number of esters is 1. The molecule has 0 spiro atoms. The largest absolute Gasteiger partial charge is 0.461 e. The molecule has 1 N–H and O–H groups in total. The van der Waals surface area contributed by atoms with Crippen LogP contribution >= 0.6 is 22.6 Å². The fourth-order valence-electron chi connectivity index (χ4n) is 2.74. The van der Waals surface area contributed by atoms with E-state index in [2.05, 4.69) is 27.9 Å². The molecule has 0 radical (unpaired) electrons. The van der Waals surface area contributed by atoms with Crippen LogP contribution in [0.25, 0.3) is 0 Å². The molecule has 5 heteroatoms. The van der Waals surface area contributed by atoms with Gasteiger partial charge in [-0.2, -0.15) is 0 Å². The summed E-state index contributed by atoms with van der Waals surface area (Å²) in [5, 5.41) is 2.98. The number of hydrogen-bond donors (Lipinski definition) is 1. The molecule has 1 saturated heterocycles. The van der Waals surface area contributed by atoms with Gasteiger partial charge in [0, 0.05) is 18.0 Å². The molecule has 4 atom stereocenters. The minimum atomic E-state index is -0.177. The zero-order chi connectivity index (χ0) is 13.4. The first-order valence-corrected chi connectivity index (χ1v) is 7.60. The molecule has 1 aromatic carbocycles. The number of carbonyl (C=O) groups is 2. The van der Waals surface area contributed by atoms with Crippen molar-refractivity contribution in [1.82, 2.24) is 5.32 Å². The Morgan fingerprint density at radius 3 is 2.74 bits per heavy atom. The van der Waals surface area contributed by atoms with Crippen LogP contribution in [0.4, 0.5) is 0 Å². The number of carbonyl (C=O) groups excluding carboxylic acids is 2. The normalized spacial score (nSPS) is 32.8. The molecule has 0 aromatic heterocycles. The van der Waals surface area contributed by atoms with E-state index in [0.717, 1.165) is 12.8 Å². The first kappa shape index (κ1) is 12.9. The standard InChI is InChI=1S/C14H14INO3/c15-10-7-11(9-6-12(10)19-14(9)18)16-13(17)8-4-2-1-3-5-8/h1-5,9-12H,6-7H2,(H,16,17)/t9-,10-,11+,12-/m0/s1. The quantitative estimate of drug-likeness (QED) is 0.491. The summed E-state index contributed by atoms with van der Waals surface area (Å²) in [6.45, 7) is 0. The highest BCUT2D eigenvalue weighted by molar-refractivity contribution is 14.1. The van der Waals surface area contributed by atoms with Crippen molar-refractivity contribution in [3.8, 4) is 0 Å². The van der Waals surface area contributed by atoms with E-state index >= 15 is 0 Å². The highest BCUT2D eigenvalue weighted by Gasteiger charge is 2.48. The number of benzene rings is 1. The third-order valence-electron chi connectivity index (χ3n) is 3.78. The molecular formula is C14H14INO3. The number of amides is 1. The molecule has 1 aliphatic heterocycles. The topological polar surface area (TPSA) is 55.4 Å². The van der Waals surface area contributed by atoms with Crippen LogP contribution in [0.15, 0.2) is 30.3 Å². The molecule has 1 aromatic rings. The summed E-state index contributed by atoms with van der Waals surface area (Å²) in [5.74, 6) is -0.460. The van der Waals surface area contributed by atoms with Crippen molar-refractivity contribution < 1.29 is 14.3 Å². The van der Waals surface area contributed by atoms with Gasteiger partial charge in [-0.15, -0.1) is 0 Å². The number of halogens is 1. The summed E-state index contributed by atoms with van der Waals surface area (Å²) in [6.07, 6.45) is 1.55. The maximum absolute atomic E-state index is 12.1. The Bertz CT molecular complexity index is 505. The van der Waals surface area contributed by atoms with Gasteiger partial charge in [0.2, 0.25) is 0 Å². The number of alkyl halides is 1. The van der Waals surface area contributed by atoms with Crippen LogP contribution in [0, 0.1) is 5.92 Å². The van der Waals surface area contributed by atoms with E-state index in [1.165, 1.54) is 0 Å². The van der Waals surface area contributed by atoms with Gasteiger partial charge >= 0.3 is 5.97 Å². The van der Waals surface area contributed by atoms with E-state index in [1.54, 1.807) is 12.1 Å². The van der Waals surface area contributed by atoms with Gasteiger partial charge in [0.05, 0.1) is 9.84 Å². The fraction of sp³-hybridized carbons (Fsp3) is 0.429. The van der Waals surface area contributed by atoms with Crippen LogP contribution in [-0.2, 0) is 9.53 Å². The van der Waals surface area contributed by atoms with Gasteiger partial charge in [-0.25, -0.2) is 0 Å². The molecule has 19 heavy (non-hydrogen) atoms. The van der Waals surface area contributed by atoms with Gasteiger partial charge in [-0.05, 0) is 18.6 Å². The van der Waals surface area contributed by atoms with Crippen LogP contribution < -0.4 is 5.32 Å². The zero-order valence-electron chi connectivity index (χ0n) is 10.2. The fourth-order valence-corrected chi connectivity index (χ4v) is 3.73. The maximum Gasteiger partial charge on any atom is 0.311 e. The molecule has 1 aliphatic carbocycles. The molecule has 3 rings (SSSR count). The Morgan fingerprint density at radius 1 is 1.26 bits per heavy atom. The van der Waals surface area contributed by atoms with Crippen LogP contribution in [0.2, 0.25) is 0 Å². The lowest BCUT2D eigenvalue weighted by atomic mass is 9.85. The van der Waals surface area contributed by atoms with Gasteiger partial charge in [-0.1, -0.05) is 40.8 Å². The van der Waals surface area contributed by atoms with E-state index < -0.39 is 0 Å². The second kappa shape index (κ2) is 5.11. The minimum Gasteiger partial charge on any atom is -0.461 e.